The van der Waals surface area contributed by atoms with E-state index in [2.05, 4.69) is 236 Å². The predicted molar refractivity (Wildman–Crippen MR) is 295 cm³/mol. The molecule has 2 unspecified atom stereocenters. The average Bonchev–Trinajstić information content (AvgIpc) is 3.38. The van der Waals surface area contributed by atoms with Gasteiger partial charge in [-0.1, -0.05) is 202 Å². The van der Waals surface area contributed by atoms with Gasteiger partial charge in [-0.3, -0.25) is 5.21 Å². The van der Waals surface area contributed by atoms with Crippen LogP contribution < -0.4 is 9.80 Å². The molecule has 0 fully saturated rings. The summed E-state index contributed by atoms with van der Waals surface area (Å²) in [7, 11) is 0. The fourth-order valence-corrected chi connectivity index (χ4v) is 9.13. The summed E-state index contributed by atoms with van der Waals surface area (Å²) in [4.78, 5) is 0. The van der Waals surface area contributed by atoms with E-state index in [9.17, 15) is 5.21 Å². The molecule has 0 aromatic heterocycles. The van der Waals surface area contributed by atoms with Gasteiger partial charge in [0.05, 0.1) is 17.8 Å². The molecule has 1 aliphatic rings. The van der Waals surface area contributed by atoms with Crippen LogP contribution in [0.5, 0.6) is 5.75 Å². The van der Waals surface area contributed by atoms with Crippen LogP contribution in [-0.2, 0) is 18.4 Å². The second kappa shape index (κ2) is 23.7. The van der Waals surface area contributed by atoms with Gasteiger partial charge in [0.1, 0.15) is 5.75 Å². The highest BCUT2D eigenvalue weighted by Crippen LogP contribution is 2.52. The van der Waals surface area contributed by atoms with E-state index in [1.165, 1.54) is 49.6 Å². The van der Waals surface area contributed by atoms with Crippen molar-refractivity contribution in [2.45, 2.75) is 98.4 Å². The van der Waals surface area contributed by atoms with Gasteiger partial charge in [-0.15, -0.1) is 12.3 Å². The van der Waals surface area contributed by atoms with Crippen molar-refractivity contribution in [2.75, 3.05) is 11.7 Å². The predicted octanol–water partition coefficient (Wildman–Crippen LogP) is 17.1. The van der Waals surface area contributed by atoms with E-state index < -0.39 is 0 Å². The molecule has 1 heterocycles. The van der Waals surface area contributed by atoms with Crippen LogP contribution in [0.3, 0.4) is 0 Å². The zero-order chi connectivity index (χ0) is 48.8. The SMILES string of the molecule is C#CC\C(=C/C=C(C)/C=C(\c1ccccc1)c1ccc(CCCOc2cc3c(cc2C(C)Cc2ccc(C)cc2)C(C)(CC)N3O)cc1)c1ccc(/C=C(/C(C)=C/C=C\CC)c2ccccc2)cc1. The number of hydroxylamine groups is 1. The fraction of sp³-hybridized carbons (Fsp3) is 0.242. The van der Waals surface area contributed by atoms with Crippen LogP contribution in [0.15, 0.2) is 193 Å². The number of nitrogens with zero attached hydrogens (tertiary/aromatic N) is 1. The lowest BCUT2D eigenvalue weighted by atomic mass is 9.77. The van der Waals surface area contributed by atoms with E-state index in [0.717, 1.165) is 82.5 Å². The van der Waals surface area contributed by atoms with Crippen LogP contribution in [0, 0.1) is 19.3 Å². The number of aryl methyl sites for hydroxylation is 2. The molecular formula is C66H69NO2. The number of fused-ring (bicyclic) bond motifs is 1. The van der Waals surface area contributed by atoms with E-state index in [0.29, 0.717) is 13.0 Å². The minimum Gasteiger partial charge on any atom is -0.493 e. The van der Waals surface area contributed by atoms with Crippen molar-refractivity contribution in [3.63, 3.8) is 0 Å². The lowest BCUT2D eigenvalue weighted by molar-refractivity contribution is 0.126. The summed E-state index contributed by atoms with van der Waals surface area (Å²) in [6.45, 7) is 15.7. The summed E-state index contributed by atoms with van der Waals surface area (Å²) in [6.07, 6.45) is 26.4. The molecule has 0 amide bonds. The smallest absolute Gasteiger partial charge is 0.124 e. The maximum atomic E-state index is 11.0. The van der Waals surface area contributed by atoms with E-state index in [1.54, 1.807) is 0 Å². The van der Waals surface area contributed by atoms with Crippen molar-refractivity contribution in [3.05, 3.63) is 249 Å². The summed E-state index contributed by atoms with van der Waals surface area (Å²) in [5, 5.41) is 12.4. The largest absolute Gasteiger partial charge is 0.493 e. The van der Waals surface area contributed by atoms with Crippen molar-refractivity contribution < 1.29 is 9.94 Å². The molecule has 1 N–H and O–H groups in total. The van der Waals surface area contributed by atoms with Gasteiger partial charge in [0.25, 0.3) is 0 Å². The molecule has 6 aromatic rings. The van der Waals surface area contributed by atoms with E-state index >= 15 is 0 Å². The third-order valence-corrected chi connectivity index (χ3v) is 13.5. The van der Waals surface area contributed by atoms with Crippen LogP contribution >= 0.6 is 0 Å². The van der Waals surface area contributed by atoms with Gasteiger partial charge in [-0.25, -0.2) is 5.06 Å². The number of hydrogen-bond acceptors (Lipinski definition) is 3. The number of allylic oxidation sites excluding steroid dienone is 10. The van der Waals surface area contributed by atoms with Crippen molar-refractivity contribution >= 4 is 28.5 Å². The third-order valence-electron chi connectivity index (χ3n) is 13.5. The summed E-state index contributed by atoms with van der Waals surface area (Å²) >= 11 is 0. The second-order valence-corrected chi connectivity index (χ2v) is 18.7. The molecular weight excluding hydrogens is 839 g/mol. The summed E-state index contributed by atoms with van der Waals surface area (Å²) in [6, 6.07) is 52.0. The Bertz CT molecular complexity index is 2880. The third kappa shape index (κ3) is 12.5. The Morgan fingerprint density at radius 2 is 1.41 bits per heavy atom. The van der Waals surface area contributed by atoms with Gasteiger partial charge in [-0.05, 0) is 145 Å². The van der Waals surface area contributed by atoms with Gasteiger partial charge >= 0.3 is 0 Å². The van der Waals surface area contributed by atoms with Gasteiger partial charge in [0.15, 0.2) is 0 Å². The first-order chi connectivity index (χ1) is 33.5. The maximum absolute atomic E-state index is 11.0. The molecule has 3 nitrogen and oxygen atoms in total. The number of ether oxygens (including phenoxy) is 1. The molecule has 0 radical (unpaired) electrons. The molecule has 0 saturated heterocycles. The molecule has 7 rings (SSSR count). The van der Waals surface area contributed by atoms with Crippen molar-refractivity contribution in [2.24, 2.45) is 0 Å². The minimum absolute atomic E-state index is 0.256. The Kier molecular flexibility index (Phi) is 17.1. The number of anilines is 1. The normalized spacial score (nSPS) is 16.0. The van der Waals surface area contributed by atoms with Gasteiger partial charge < -0.3 is 4.74 Å². The maximum Gasteiger partial charge on any atom is 0.124 e. The molecule has 0 bridgehead atoms. The molecule has 3 heteroatoms. The summed E-state index contributed by atoms with van der Waals surface area (Å²) < 4.78 is 6.58. The number of benzene rings is 6. The standard InChI is InChI=1S/C66H69NO2/c1-9-12-15-22-50(6)60(57-24-16-13-17-25-57)45-54-35-38-56(39-36-54)55(21-10-2)37-30-49(5)43-62(58-26-18-14-19-27-58)59-40-33-52(34-41-59)23-20-42-69-65-47-64-63(66(8,11-3)67(64)68)46-61(65)51(7)44-53-31-28-48(4)29-32-53/h2,12-19,22,24-41,43,45-47,51,68H,9,11,20-21,23,42,44H2,1,3-8H3/b15-12-,49-30+,50-22+,55-37+,60-45-,62-43+. The van der Waals surface area contributed by atoms with E-state index in [4.69, 9.17) is 11.2 Å². The topological polar surface area (TPSA) is 32.7 Å². The number of terminal acetylenes is 1. The molecule has 69 heavy (non-hydrogen) atoms. The first-order valence-electron chi connectivity index (χ1n) is 24.8. The van der Waals surface area contributed by atoms with Crippen LogP contribution in [0.1, 0.15) is 129 Å². The highest BCUT2D eigenvalue weighted by Gasteiger charge is 2.45. The van der Waals surface area contributed by atoms with E-state index in [-0.39, 0.29) is 11.5 Å². The summed E-state index contributed by atoms with van der Waals surface area (Å²) in [5.41, 5.74) is 18.3. The monoisotopic (exact) mass is 908 g/mol. The Labute approximate surface area is 413 Å². The highest BCUT2D eigenvalue weighted by molar-refractivity contribution is 5.91. The van der Waals surface area contributed by atoms with Crippen molar-refractivity contribution in [3.8, 4) is 18.1 Å². The molecule has 2 atom stereocenters. The Balaban J connectivity index is 1.05. The van der Waals surface area contributed by atoms with Crippen LogP contribution in [0.4, 0.5) is 5.69 Å². The van der Waals surface area contributed by atoms with Crippen molar-refractivity contribution in [1.29, 1.82) is 0 Å². The van der Waals surface area contributed by atoms with Gasteiger partial charge in [0, 0.05) is 18.1 Å². The Morgan fingerprint density at radius 1 is 0.768 bits per heavy atom. The lowest BCUT2D eigenvalue weighted by Gasteiger charge is -2.49. The second-order valence-electron chi connectivity index (χ2n) is 18.7. The van der Waals surface area contributed by atoms with Gasteiger partial charge in [0.2, 0.25) is 0 Å². The van der Waals surface area contributed by atoms with Gasteiger partial charge in [-0.2, -0.15) is 0 Å². The summed E-state index contributed by atoms with van der Waals surface area (Å²) in [5.74, 6) is 4.01. The van der Waals surface area contributed by atoms with Crippen LogP contribution in [0.2, 0.25) is 0 Å². The highest BCUT2D eigenvalue weighted by atomic mass is 16.5. The average molecular weight is 908 g/mol. The van der Waals surface area contributed by atoms with Crippen molar-refractivity contribution in [1.82, 2.24) is 0 Å². The minimum atomic E-state index is -0.379. The number of rotatable bonds is 20. The first-order valence-corrected chi connectivity index (χ1v) is 24.8. The Hall–Kier alpha value is -7.12. The molecule has 6 aromatic carbocycles. The molecule has 0 spiro atoms. The Morgan fingerprint density at radius 3 is 2.06 bits per heavy atom. The van der Waals surface area contributed by atoms with E-state index in [1.807, 2.05) is 6.07 Å². The zero-order valence-electron chi connectivity index (χ0n) is 41.8. The molecule has 350 valence electrons. The molecule has 0 aliphatic carbocycles. The van der Waals surface area contributed by atoms with Crippen LogP contribution in [-0.4, -0.2) is 11.8 Å². The number of hydrogen-bond donors (Lipinski definition) is 1. The quantitative estimate of drug-likeness (QED) is 0.0359. The first kappa shape index (κ1) is 49.8. The lowest BCUT2D eigenvalue weighted by Crippen LogP contribution is -2.50. The fourth-order valence-electron chi connectivity index (χ4n) is 9.13. The molecule has 0 saturated carbocycles. The molecule has 1 aliphatic heterocycles. The zero-order valence-corrected chi connectivity index (χ0v) is 41.8. The van der Waals surface area contributed by atoms with Crippen LogP contribution in [0.25, 0.3) is 22.8 Å².